The number of nitrogen functional groups attached to an aromatic ring is 1. The van der Waals surface area contributed by atoms with Crippen LogP contribution in [0.4, 0.5) is 10.8 Å². The van der Waals surface area contributed by atoms with Crippen LogP contribution in [-0.4, -0.2) is 61.9 Å². The number of hydrogen-bond donors (Lipinski definition) is 1. The average Bonchev–Trinajstić information content (AvgIpc) is 3.31. The molecule has 2 aromatic heterocycles. The van der Waals surface area contributed by atoms with Gasteiger partial charge in [0, 0.05) is 37.1 Å². The van der Waals surface area contributed by atoms with Gasteiger partial charge in [-0.2, -0.15) is 5.26 Å². The number of thiazole rings is 1. The van der Waals surface area contributed by atoms with Crippen LogP contribution in [0.1, 0.15) is 16.7 Å². The lowest BCUT2D eigenvalue weighted by molar-refractivity contribution is -0.126. The maximum atomic E-state index is 12.1. The van der Waals surface area contributed by atoms with Crippen molar-refractivity contribution in [3.05, 3.63) is 47.5 Å². The van der Waals surface area contributed by atoms with Crippen LogP contribution in [0.3, 0.4) is 0 Å². The lowest BCUT2D eigenvalue weighted by Gasteiger charge is -2.36. The van der Waals surface area contributed by atoms with Crippen LogP contribution in [-0.2, 0) is 4.79 Å². The van der Waals surface area contributed by atoms with E-state index in [-0.39, 0.29) is 5.91 Å². The lowest BCUT2D eigenvalue weighted by atomic mass is 9.81. The number of rotatable bonds is 4. The van der Waals surface area contributed by atoms with Gasteiger partial charge in [-0.25, -0.2) is 9.97 Å². The van der Waals surface area contributed by atoms with E-state index in [0.717, 1.165) is 54.5 Å². The van der Waals surface area contributed by atoms with Crippen molar-refractivity contribution < 1.29 is 9.53 Å². The standard InChI is InChI=1S/C27H27BN6O2S/c1-5-19(35)33-8-10-34(11-9-33)24-17-12-15(3)20(21(28)22(17)31-26(36-4)18(24)13-29)16-7-6-14(2)25-23(16)32-27(30)37-25/h5-7,12H,1,8-11,28H2,2-4H3,(H2,30,32). The number of amides is 1. The van der Waals surface area contributed by atoms with Crippen molar-refractivity contribution in [3.8, 4) is 23.1 Å². The van der Waals surface area contributed by atoms with Gasteiger partial charge in [0.1, 0.15) is 19.5 Å². The highest BCUT2D eigenvalue weighted by Crippen LogP contribution is 2.40. The van der Waals surface area contributed by atoms with Crippen molar-refractivity contribution in [3.63, 3.8) is 0 Å². The summed E-state index contributed by atoms with van der Waals surface area (Å²) in [5.74, 6) is 0.209. The van der Waals surface area contributed by atoms with Gasteiger partial charge in [-0.1, -0.05) is 35.5 Å². The van der Waals surface area contributed by atoms with Gasteiger partial charge in [0.2, 0.25) is 11.8 Å². The summed E-state index contributed by atoms with van der Waals surface area (Å²) >= 11 is 1.49. The van der Waals surface area contributed by atoms with Gasteiger partial charge >= 0.3 is 0 Å². The number of ether oxygens (including phenoxy) is 1. The second-order valence-electron chi connectivity index (χ2n) is 9.22. The Morgan fingerprint density at radius 3 is 2.59 bits per heavy atom. The molecule has 0 bridgehead atoms. The number of carbonyl (C=O) groups excluding carboxylic acids is 1. The van der Waals surface area contributed by atoms with Crippen LogP contribution < -0.4 is 20.8 Å². The molecule has 37 heavy (non-hydrogen) atoms. The smallest absolute Gasteiger partial charge is 0.246 e. The van der Waals surface area contributed by atoms with E-state index in [1.807, 2.05) is 0 Å². The molecule has 4 aromatic rings. The number of methoxy groups -OCH3 is 1. The number of fused-ring (bicyclic) bond motifs is 2. The van der Waals surface area contributed by atoms with Crippen LogP contribution in [0.2, 0.25) is 0 Å². The Morgan fingerprint density at radius 1 is 1.22 bits per heavy atom. The zero-order valence-electron chi connectivity index (χ0n) is 21.4. The van der Waals surface area contributed by atoms with Crippen LogP contribution in [0.25, 0.3) is 32.2 Å². The van der Waals surface area contributed by atoms with Gasteiger partial charge in [-0.3, -0.25) is 4.79 Å². The molecule has 0 atom stereocenters. The molecule has 10 heteroatoms. The summed E-state index contributed by atoms with van der Waals surface area (Å²) < 4.78 is 6.68. The van der Waals surface area contributed by atoms with Gasteiger partial charge in [0.25, 0.3) is 0 Å². The molecule has 0 saturated carbocycles. The predicted octanol–water partition coefficient (Wildman–Crippen LogP) is 2.68. The van der Waals surface area contributed by atoms with Crippen molar-refractivity contribution in [2.45, 2.75) is 13.8 Å². The van der Waals surface area contributed by atoms with E-state index < -0.39 is 0 Å². The van der Waals surface area contributed by atoms with E-state index in [4.69, 9.17) is 15.5 Å². The molecule has 3 heterocycles. The van der Waals surface area contributed by atoms with Gasteiger partial charge < -0.3 is 20.3 Å². The number of anilines is 2. The number of pyridine rings is 1. The third-order valence-electron chi connectivity index (χ3n) is 7.07. The largest absolute Gasteiger partial charge is 0.480 e. The number of benzene rings is 2. The first kappa shape index (κ1) is 24.6. The van der Waals surface area contributed by atoms with Crippen molar-refractivity contribution in [1.82, 2.24) is 14.9 Å². The minimum Gasteiger partial charge on any atom is -0.480 e. The second kappa shape index (κ2) is 9.41. The highest BCUT2D eigenvalue weighted by molar-refractivity contribution is 7.22. The van der Waals surface area contributed by atoms with Gasteiger partial charge in [0.15, 0.2) is 5.13 Å². The maximum Gasteiger partial charge on any atom is 0.246 e. The first-order valence-electron chi connectivity index (χ1n) is 12.0. The molecule has 8 nitrogen and oxygen atoms in total. The Balaban J connectivity index is 1.74. The molecule has 1 fully saturated rings. The van der Waals surface area contributed by atoms with E-state index in [2.05, 4.69) is 62.4 Å². The van der Waals surface area contributed by atoms with Gasteiger partial charge in [0.05, 0.1) is 28.5 Å². The molecule has 0 aliphatic carbocycles. The number of hydrogen-bond acceptors (Lipinski definition) is 8. The fraction of sp³-hybridized carbons (Fsp3) is 0.259. The minimum absolute atomic E-state index is 0.0826. The Morgan fingerprint density at radius 2 is 1.95 bits per heavy atom. The SMILES string of the molecule is Bc1c(-c2ccc(C)c3sc(N)nc23)c(C)cc2c(N3CCN(C(=O)C=C)CC3)c(C#N)c(OC)nc12. The predicted molar refractivity (Wildman–Crippen MR) is 153 cm³/mol. The Bertz CT molecular complexity index is 1630. The summed E-state index contributed by atoms with van der Waals surface area (Å²) in [5.41, 5.74) is 14.2. The van der Waals surface area contributed by atoms with Crippen LogP contribution in [0.15, 0.2) is 30.9 Å². The first-order chi connectivity index (χ1) is 17.8. The quantitative estimate of drug-likeness (QED) is 0.332. The number of aromatic nitrogens is 2. The molecule has 1 saturated heterocycles. The first-order valence-corrected chi connectivity index (χ1v) is 12.8. The van der Waals surface area contributed by atoms with Crippen molar-refractivity contribution in [1.29, 1.82) is 5.26 Å². The van der Waals surface area contributed by atoms with E-state index in [1.54, 1.807) is 4.90 Å². The Labute approximate surface area is 220 Å². The summed E-state index contributed by atoms with van der Waals surface area (Å²) in [6.07, 6.45) is 1.34. The number of piperazine rings is 1. The van der Waals surface area contributed by atoms with Crippen molar-refractivity contribution in [2.75, 3.05) is 43.9 Å². The summed E-state index contributed by atoms with van der Waals surface area (Å²) in [4.78, 5) is 25.5. The maximum absolute atomic E-state index is 12.1. The molecule has 0 radical (unpaired) electrons. The molecule has 1 aliphatic rings. The topological polar surface area (TPSA) is 108 Å². The number of nitrogens with two attached hydrogens (primary N) is 1. The van der Waals surface area contributed by atoms with E-state index in [0.29, 0.717) is 42.8 Å². The third kappa shape index (κ3) is 3.96. The summed E-state index contributed by atoms with van der Waals surface area (Å²) in [7, 11) is 3.58. The molecule has 2 N–H and O–H groups in total. The molecular weight excluding hydrogens is 483 g/mol. The number of nitriles is 1. The lowest BCUT2D eigenvalue weighted by Crippen LogP contribution is -2.48. The van der Waals surface area contributed by atoms with E-state index >= 15 is 0 Å². The van der Waals surface area contributed by atoms with Crippen molar-refractivity contribution in [2.24, 2.45) is 0 Å². The summed E-state index contributed by atoms with van der Waals surface area (Å²) in [5, 5.41) is 11.6. The number of nitrogens with zero attached hydrogens (tertiary/aromatic N) is 5. The van der Waals surface area contributed by atoms with E-state index in [9.17, 15) is 10.1 Å². The van der Waals surface area contributed by atoms with Gasteiger partial charge in [-0.05, 0) is 42.7 Å². The Hall–Kier alpha value is -4.10. The number of carbonyl (C=O) groups is 1. The number of aryl methyl sites for hydroxylation is 2. The molecule has 186 valence electrons. The monoisotopic (exact) mass is 510 g/mol. The second-order valence-corrected chi connectivity index (χ2v) is 10.3. The average molecular weight is 510 g/mol. The van der Waals surface area contributed by atoms with Gasteiger partial charge in [-0.15, -0.1) is 0 Å². The van der Waals surface area contributed by atoms with E-state index in [1.165, 1.54) is 24.5 Å². The zero-order chi connectivity index (χ0) is 26.4. The third-order valence-corrected chi connectivity index (χ3v) is 8.09. The van der Waals surface area contributed by atoms with Crippen LogP contribution in [0.5, 0.6) is 5.88 Å². The summed E-state index contributed by atoms with van der Waals surface area (Å²) in [6, 6.07) is 8.61. The Kier molecular flexibility index (Phi) is 6.25. The zero-order valence-corrected chi connectivity index (χ0v) is 22.2. The fourth-order valence-corrected chi connectivity index (χ4v) is 6.14. The molecule has 5 rings (SSSR count). The molecule has 2 aromatic carbocycles. The van der Waals surface area contributed by atoms with Crippen molar-refractivity contribution >= 4 is 62.5 Å². The molecule has 1 aliphatic heterocycles. The van der Waals surface area contributed by atoms with Crippen LogP contribution in [0, 0.1) is 25.2 Å². The fourth-order valence-electron chi connectivity index (χ4n) is 5.31. The molecule has 0 unspecified atom stereocenters. The minimum atomic E-state index is -0.0826. The normalized spacial score (nSPS) is 13.7. The highest BCUT2D eigenvalue weighted by atomic mass is 32.1. The summed E-state index contributed by atoms with van der Waals surface area (Å²) in [6.45, 7) is 10.0. The molecule has 1 amide bonds. The highest BCUT2D eigenvalue weighted by Gasteiger charge is 2.27. The van der Waals surface area contributed by atoms with Crippen LogP contribution >= 0.6 is 11.3 Å². The molecule has 0 spiro atoms. The molecular formula is C27H27BN6O2S.